The highest BCUT2D eigenvalue weighted by atomic mass is 127. The zero-order valence-electron chi connectivity index (χ0n) is 15.9. The van der Waals surface area contributed by atoms with Crippen molar-refractivity contribution in [1.82, 2.24) is 0 Å². The maximum Gasteiger partial charge on any atom is 0.303 e. The molecule has 3 aromatic rings. The molecular weight excluding hydrogens is 507 g/mol. The van der Waals surface area contributed by atoms with Crippen molar-refractivity contribution in [3.05, 3.63) is 120 Å². The number of imide groups is 1. The Kier molecular flexibility index (Phi) is 3.63. The highest BCUT2D eigenvalue weighted by molar-refractivity contribution is 14.1. The van der Waals surface area contributed by atoms with E-state index in [2.05, 4.69) is 22.6 Å². The molecule has 0 radical (unpaired) electrons. The van der Waals surface area contributed by atoms with Gasteiger partial charge in [0.1, 0.15) is 5.57 Å². The molecule has 1 heterocycles. The fourth-order valence-corrected chi connectivity index (χ4v) is 5.69. The molecule has 0 saturated carbocycles. The molecule has 0 saturated heterocycles. The fourth-order valence-electron chi connectivity index (χ4n) is 5.33. The van der Waals surface area contributed by atoms with Crippen LogP contribution in [0.4, 0.5) is 5.69 Å². The molecule has 0 fully saturated rings. The third-order valence-electron chi connectivity index (χ3n) is 6.45. The Labute approximate surface area is 190 Å². The standard InChI is InChI=1S/C24H13IN2O4/c25-13-9-11-14(12-10-13)26-22(28)20-19-15-5-1-3-7-17(15)24(27(30)31,21(20)23(26)29)18-8-4-2-6-16(18)19/h1-12,19H. The SMILES string of the molecule is O=C1C2=C(C(=O)N1c1ccc(I)cc1)C1([N+](=O)[O-])c3ccccc3C2c2ccccc21. The van der Waals surface area contributed by atoms with Crippen LogP contribution >= 0.6 is 22.6 Å². The van der Waals surface area contributed by atoms with Gasteiger partial charge in [0, 0.05) is 31.1 Å². The maximum atomic E-state index is 13.7. The smallest absolute Gasteiger partial charge is 0.269 e. The summed E-state index contributed by atoms with van der Waals surface area (Å²) in [7, 11) is 0. The van der Waals surface area contributed by atoms with Crippen LogP contribution in [0.5, 0.6) is 0 Å². The van der Waals surface area contributed by atoms with Crippen molar-refractivity contribution in [3.8, 4) is 0 Å². The van der Waals surface area contributed by atoms with Crippen molar-refractivity contribution >= 4 is 40.1 Å². The number of hydrogen-bond donors (Lipinski definition) is 0. The number of rotatable bonds is 2. The quantitative estimate of drug-likeness (QED) is 0.220. The first-order chi connectivity index (χ1) is 15.0. The summed E-state index contributed by atoms with van der Waals surface area (Å²) < 4.78 is 0.958. The zero-order valence-corrected chi connectivity index (χ0v) is 18.1. The zero-order chi connectivity index (χ0) is 21.5. The second kappa shape index (κ2) is 6.10. The normalized spacial score (nSPS) is 23.0. The van der Waals surface area contributed by atoms with Gasteiger partial charge < -0.3 is 0 Å². The second-order valence-electron chi connectivity index (χ2n) is 7.79. The molecule has 0 atom stereocenters. The number of carbonyl (C=O) groups excluding carboxylic acids is 2. The first-order valence-corrected chi connectivity index (χ1v) is 10.8. The van der Waals surface area contributed by atoms with Crippen LogP contribution in [-0.2, 0) is 15.1 Å². The van der Waals surface area contributed by atoms with Gasteiger partial charge >= 0.3 is 5.54 Å². The first kappa shape index (κ1) is 18.4. The lowest BCUT2D eigenvalue weighted by Crippen LogP contribution is -2.49. The van der Waals surface area contributed by atoms with Gasteiger partial charge in [0.05, 0.1) is 5.69 Å². The third-order valence-corrected chi connectivity index (χ3v) is 7.17. The molecule has 3 aliphatic carbocycles. The highest BCUT2D eigenvalue weighted by Crippen LogP contribution is 2.61. The van der Waals surface area contributed by atoms with Gasteiger partial charge in [-0.15, -0.1) is 0 Å². The lowest BCUT2D eigenvalue weighted by atomic mass is 9.57. The predicted octanol–water partition coefficient (Wildman–Crippen LogP) is 4.14. The fraction of sp³-hybridized carbons (Fsp3) is 0.0833. The summed E-state index contributed by atoms with van der Waals surface area (Å²) in [5, 5.41) is 12.8. The van der Waals surface area contributed by atoms with Crippen LogP contribution < -0.4 is 4.90 Å². The molecule has 4 aliphatic rings. The molecule has 0 aromatic heterocycles. The van der Waals surface area contributed by atoms with Gasteiger partial charge in [-0.2, -0.15) is 0 Å². The molecule has 6 nitrogen and oxygen atoms in total. The van der Waals surface area contributed by atoms with E-state index in [0.717, 1.165) is 8.47 Å². The Balaban J connectivity index is 1.69. The molecule has 3 aromatic carbocycles. The van der Waals surface area contributed by atoms with E-state index in [1.807, 2.05) is 24.3 Å². The van der Waals surface area contributed by atoms with Gasteiger partial charge in [-0.1, -0.05) is 48.5 Å². The van der Waals surface area contributed by atoms with Crippen molar-refractivity contribution in [1.29, 1.82) is 0 Å². The van der Waals surface area contributed by atoms with Crippen molar-refractivity contribution in [3.63, 3.8) is 0 Å². The van der Waals surface area contributed by atoms with E-state index in [9.17, 15) is 19.7 Å². The lowest BCUT2D eigenvalue weighted by Gasteiger charge is -2.42. The monoisotopic (exact) mass is 520 g/mol. The van der Waals surface area contributed by atoms with Gasteiger partial charge in [-0.05, 0) is 58.0 Å². The van der Waals surface area contributed by atoms with Crippen LogP contribution in [0.15, 0.2) is 83.9 Å². The van der Waals surface area contributed by atoms with Crippen molar-refractivity contribution in [2.45, 2.75) is 11.5 Å². The molecule has 2 amide bonds. The maximum absolute atomic E-state index is 13.7. The predicted molar refractivity (Wildman–Crippen MR) is 121 cm³/mol. The van der Waals surface area contributed by atoms with E-state index in [4.69, 9.17) is 0 Å². The summed E-state index contributed by atoms with van der Waals surface area (Å²) in [6, 6.07) is 21.1. The van der Waals surface area contributed by atoms with Crippen molar-refractivity contribution in [2.75, 3.05) is 4.90 Å². The molecule has 150 valence electrons. The van der Waals surface area contributed by atoms with Gasteiger partial charge in [-0.25, -0.2) is 4.90 Å². The largest absolute Gasteiger partial charge is 0.303 e. The average Bonchev–Trinajstić information content (AvgIpc) is 3.05. The van der Waals surface area contributed by atoms with Gasteiger partial charge in [0.25, 0.3) is 11.8 Å². The van der Waals surface area contributed by atoms with E-state index in [-0.39, 0.29) is 11.1 Å². The number of amides is 2. The lowest BCUT2D eigenvalue weighted by molar-refractivity contribution is -0.554. The second-order valence-corrected chi connectivity index (χ2v) is 9.03. The molecule has 1 aliphatic heterocycles. The Morgan fingerprint density at radius 1 is 0.839 bits per heavy atom. The average molecular weight is 520 g/mol. The third kappa shape index (κ3) is 2.06. The molecule has 31 heavy (non-hydrogen) atoms. The summed E-state index contributed by atoms with van der Waals surface area (Å²) >= 11 is 2.14. The molecule has 0 unspecified atom stereocenters. The number of hydrogen-bond acceptors (Lipinski definition) is 4. The van der Waals surface area contributed by atoms with Gasteiger partial charge in [0.15, 0.2) is 0 Å². The topological polar surface area (TPSA) is 80.5 Å². The van der Waals surface area contributed by atoms with Crippen LogP contribution in [0.2, 0.25) is 0 Å². The van der Waals surface area contributed by atoms with Crippen molar-refractivity contribution < 1.29 is 14.5 Å². The number of benzene rings is 3. The van der Waals surface area contributed by atoms with Gasteiger partial charge in [0.2, 0.25) is 0 Å². The van der Waals surface area contributed by atoms with Crippen LogP contribution in [0, 0.1) is 13.7 Å². The highest BCUT2D eigenvalue weighted by Gasteiger charge is 2.68. The number of carbonyl (C=O) groups is 2. The summed E-state index contributed by atoms with van der Waals surface area (Å²) in [6.07, 6.45) is 0. The molecule has 7 rings (SSSR count). The summed E-state index contributed by atoms with van der Waals surface area (Å²) in [4.78, 5) is 40.8. The Bertz CT molecular complexity index is 1330. The van der Waals surface area contributed by atoms with Crippen molar-refractivity contribution in [2.24, 2.45) is 0 Å². The van der Waals surface area contributed by atoms with E-state index >= 15 is 0 Å². The molecule has 2 bridgehead atoms. The summed E-state index contributed by atoms with van der Waals surface area (Å²) in [5.41, 5.74) is 1.06. The van der Waals surface area contributed by atoms with E-state index in [1.165, 1.54) is 0 Å². The molecule has 0 spiro atoms. The van der Waals surface area contributed by atoms with Crippen LogP contribution in [0.3, 0.4) is 0 Å². The number of nitrogens with zero attached hydrogens (tertiary/aromatic N) is 2. The number of nitro groups is 1. The Morgan fingerprint density at radius 3 is 1.94 bits per heavy atom. The van der Waals surface area contributed by atoms with Crippen LogP contribution in [0.25, 0.3) is 0 Å². The number of anilines is 1. The number of halogens is 1. The van der Waals surface area contributed by atoms with E-state index < -0.39 is 28.2 Å². The Morgan fingerprint density at radius 2 is 1.39 bits per heavy atom. The van der Waals surface area contributed by atoms with Crippen LogP contribution in [0.1, 0.15) is 28.2 Å². The summed E-state index contributed by atoms with van der Waals surface area (Å²) in [5.74, 6) is -1.61. The minimum atomic E-state index is -1.90. The minimum Gasteiger partial charge on any atom is -0.269 e. The van der Waals surface area contributed by atoms with E-state index in [0.29, 0.717) is 27.9 Å². The van der Waals surface area contributed by atoms with E-state index in [1.54, 1.807) is 48.5 Å². The summed E-state index contributed by atoms with van der Waals surface area (Å²) in [6.45, 7) is 0. The molecular formula is C24H13IN2O4. The first-order valence-electron chi connectivity index (χ1n) is 9.70. The Hall–Kier alpha value is -3.33. The van der Waals surface area contributed by atoms with Gasteiger partial charge in [-0.3, -0.25) is 19.7 Å². The van der Waals surface area contributed by atoms with Crippen LogP contribution in [-0.4, -0.2) is 16.7 Å². The minimum absolute atomic E-state index is 0.0246. The molecule has 7 heteroatoms. The molecule has 0 N–H and O–H groups in total.